The normalized spacial score (nSPS) is 14.5. The van der Waals surface area contributed by atoms with E-state index in [9.17, 15) is 19.0 Å². The Morgan fingerprint density at radius 2 is 0.915 bits per heavy atom. The van der Waals surface area contributed by atoms with Crippen molar-refractivity contribution in [2.75, 3.05) is 40.9 Å². The van der Waals surface area contributed by atoms with Crippen molar-refractivity contribution in [2.45, 2.75) is 238 Å². The average molecular weight is 1010 g/mol. The number of amides is 1. The summed E-state index contributed by atoms with van der Waals surface area (Å²) < 4.78 is 30.5. The van der Waals surface area contributed by atoms with Crippen LogP contribution in [0.3, 0.4) is 0 Å². The summed E-state index contributed by atoms with van der Waals surface area (Å²) in [5.41, 5.74) is 0. The van der Waals surface area contributed by atoms with Crippen molar-refractivity contribution in [3.63, 3.8) is 0 Å². The molecule has 0 radical (unpaired) electrons. The van der Waals surface area contributed by atoms with Crippen LogP contribution in [0.25, 0.3) is 0 Å². The molecule has 0 aromatic carbocycles. The van der Waals surface area contributed by atoms with Crippen molar-refractivity contribution in [3.8, 4) is 0 Å². The topological polar surface area (TPSA) is 111 Å². The maximum Gasteiger partial charge on any atom is 0.472 e. The van der Waals surface area contributed by atoms with Crippen molar-refractivity contribution in [2.24, 2.45) is 0 Å². The van der Waals surface area contributed by atoms with Gasteiger partial charge in [-0.1, -0.05) is 215 Å². The number of ether oxygens (including phenoxy) is 1. The third kappa shape index (κ3) is 51.6. The predicted molar refractivity (Wildman–Crippen MR) is 304 cm³/mol. The van der Waals surface area contributed by atoms with Crippen molar-refractivity contribution in [1.29, 1.82) is 0 Å². The highest BCUT2D eigenvalue weighted by Crippen LogP contribution is 2.43. The van der Waals surface area contributed by atoms with Crippen LogP contribution in [0.2, 0.25) is 0 Å². The van der Waals surface area contributed by atoms with Gasteiger partial charge in [0.2, 0.25) is 5.91 Å². The van der Waals surface area contributed by atoms with Crippen LogP contribution in [0.4, 0.5) is 0 Å². The molecule has 10 heteroatoms. The van der Waals surface area contributed by atoms with Gasteiger partial charge in [0.1, 0.15) is 19.3 Å². The first-order chi connectivity index (χ1) is 34.4. The Hall–Kier alpha value is -3.07. The number of phosphoric acid groups is 1. The second-order valence-electron chi connectivity index (χ2n) is 20.1. The van der Waals surface area contributed by atoms with Gasteiger partial charge in [-0.2, -0.15) is 0 Å². The minimum absolute atomic E-state index is 0.0215. The van der Waals surface area contributed by atoms with Gasteiger partial charge >= 0.3 is 13.8 Å². The van der Waals surface area contributed by atoms with Crippen molar-refractivity contribution in [1.82, 2.24) is 5.32 Å². The second-order valence-corrected chi connectivity index (χ2v) is 21.5. The molecule has 0 spiro atoms. The van der Waals surface area contributed by atoms with Crippen LogP contribution in [-0.2, 0) is 27.9 Å². The van der Waals surface area contributed by atoms with Crippen LogP contribution < -0.4 is 5.32 Å². The van der Waals surface area contributed by atoms with Gasteiger partial charge in [0.15, 0.2) is 0 Å². The van der Waals surface area contributed by atoms with Crippen LogP contribution in [-0.4, -0.2) is 74.3 Å². The summed E-state index contributed by atoms with van der Waals surface area (Å²) in [5, 5.41) is 3.01. The lowest BCUT2D eigenvalue weighted by Crippen LogP contribution is -2.47. The zero-order valence-corrected chi connectivity index (χ0v) is 47.3. The fraction of sp³-hybridized carbons (Fsp3) is 0.705. The minimum Gasteiger partial charge on any atom is -0.456 e. The second kappa shape index (κ2) is 50.5. The molecule has 3 unspecified atom stereocenters. The quantitative estimate of drug-likeness (QED) is 0.0205. The number of hydrogen-bond donors (Lipinski definition) is 2. The van der Waals surface area contributed by atoms with Crippen LogP contribution >= 0.6 is 7.82 Å². The number of unbranched alkanes of at least 4 members (excludes halogenated alkanes) is 20. The molecule has 0 aliphatic heterocycles. The Morgan fingerprint density at radius 3 is 1.38 bits per heavy atom. The number of quaternary nitrogens is 1. The first-order valence-corrected chi connectivity index (χ1v) is 30.1. The van der Waals surface area contributed by atoms with Crippen molar-refractivity contribution < 1.29 is 37.3 Å². The summed E-state index contributed by atoms with van der Waals surface area (Å²) in [4.78, 5) is 37.5. The highest BCUT2D eigenvalue weighted by Gasteiger charge is 2.30. The SMILES string of the molecule is CC/C=C\C/C=C\C/C=C\C/C=C\C/C=C\CCCCCC(=O)NC(COP(=O)(O)OCC[N+](C)(C)C)C(/C=C\CCCCCCCCCCCCC)OC(=O)CC/C=C/C/C=C\CCCCCCCC. The molecule has 408 valence electrons. The van der Waals surface area contributed by atoms with E-state index >= 15 is 0 Å². The summed E-state index contributed by atoms with van der Waals surface area (Å²) in [7, 11) is 1.43. The molecule has 2 N–H and O–H groups in total. The Labute approximate surface area is 437 Å². The lowest BCUT2D eigenvalue weighted by molar-refractivity contribution is -0.870. The minimum atomic E-state index is -4.47. The summed E-state index contributed by atoms with van der Waals surface area (Å²) in [6.45, 7) is 6.81. The number of nitrogens with zero attached hydrogens (tertiary/aromatic N) is 1. The summed E-state index contributed by atoms with van der Waals surface area (Å²) in [6.07, 6.45) is 67.0. The highest BCUT2D eigenvalue weighted by molar-refractivity contribution is 7.47. The Kier molecular flexibility index (Phi) is 48.3. The van der Waals surface area contributed by atoms with Gasteiger partial charge in [0.25, 0.3) is 0 Å². The molecule has 0 aromatic rings. The third-order valence-corrected chi connectivity index (χ3v) is 13.0. The molecular formula is C61H108N2O7P+. The summed E-state index contributed by atoms with van der Waals surface area (Å²) in [5.74, 6) is -0.627. The van der Waals surface area contributed by atoms with E-state index in [2.05, 4.69) is 105 Å². The average Bonchev–Trinajstić information content (AvgIpc) is 3.33. The molecule has 0 aliphatic rings. The molecule has 0 bridgehead atoms. The maximum atomic E-state index is 13.5. The van der Waals surface area contributed by atoms with E-state index in [1.165, 1.54) is 96.3 Å². The summed E-state index contributed by atoms with van der Waals surface area (Å²) >= 11 is 0. The molecule has 71 heavy (non-hydrogen) atoms. The van der Waals surface area contributed by atoms with Crippen LogP contribution in [0.1, 0.15) is 226 Å². The molecule has 0 heterocycles. The molecule has 1 amide bonds. The zero-order valence-electron chi connectivity index (χ0n) is 46.4. The number of carbonyl (C=O) groups is 2. The van der Waals surface area contributed by atoms with Crippen LogP contribution in [0, 0.1) is 0 Å². The Morgan fingerprint density at radius 1 is 0.507 bits per heavy atom. The molecule has 0 saturated carbocycles. The van der Waals surface area contributed by atoms with E-state index in [-0.39, 0.29) is 32.0 Å². The number of nitrogens with one attached hydrogen (secondary N) is 1. The van der Waals surface area contributed by atoms with E-state index in [0.29, 0.717) is 23.9 Å². The van der Waals surface area contributed by atoms with Crippen LogP contribution in [0.15, 0.2) is 97.2 Å². The molecule has 0 aromatic heterocycles. The van der Waals surface area contributed by atoms with Gasteiger partial charge in [-0.15, -0.1) is 0 Å². The first kappa shape index (κ1) is 67.9. The fourth-order valence-corrected chi connectivity index (χ4v) is 8.34. The number of phosphoric ester groups is 1. The van der Waals surface area contributed by atoms with E-state index in [4.69, 9.17) is 13.8 Å². The third-order valence-electron chi connectivity index (χ3n) is 12.0. The number of esters is 1. The first-order valence-electron chi connectivity index (χ1n) is 28.6. The van der Waals surface area contributed by atoms with Crippen LogP contribution in [0.5, 0.6) is 0 Å². The van der Waals surface area contributed by atoms with Gasteiger partial charge in [-0.05, 0) is 96.0 Å². The van der Waals surface area contributed by atoms with E-state index < -0.39 is 25.9 Å². The molecule has 0 aliphatic carbocycles. The fourth-order valence-electron chi connectivity index (χ4n) is 7.61. The molecule has 3 atom stereocenters. The summed E-state index contributed by atoms with van der Waals surface area (Å²) in [6, 6.07) is -0.892. The number of rotatable bonds is 50. The largest absolute Gasteiger partial charge is 0.472 e. The lowest BCUT2D eigenvalue weighted by atomic mass is 10.0. The van der Waals surface area contributed by atoms with Gasteiger partial charge in [0, 0.05) is 12.8 Å². The number of carbonyl (C=O) groups excluding carboxylic acids is 2. The molecule has 0 saturated heterocycles. The zero-order chi connectivity index (χ0) is 52.2. The maximum absolute atomic E-state index is 13.5. The monoisotopic (exact) mass is 1010 g/mol. The molecule has 0 rings (SSSR count). The van der Waals surface area contributed by atoms with Crippen molar-refractivity contribution >= 4 is 19.7 Å². The van der Waals surface area contributed by atoms with E-state index in [0.717, 1.165) is 83.5 Å². The molecule has 0 fully saturated rings. The van der Waals surface area contributed by atoms with E-state index in [1.54, 1.807) is 0 Å². The standard InChI is InChI=1S/C61H107N2O7P/c1-7-10-13-16-19-22-25-28-29-30-31-32-33-36-38-41-44-47-50-53-60(64)62-58(57-69-71(66,67)68-56-55-63(4,5)6)59(52-49-46-43-40-37-34-26-23-20-17-14-11-8-2)70-61(65)54-51-48-45-42-39-35-27-24-21-18-15-12-9-3/h10,13,19,22,28-29,31-32,35-36,38-39,45,48-49,52,58-59H,7-9,11-12,14-18,20-21,23-27,30,33-34,37,40-44,46-47,50-51,53-57H2,1-6H3,(H-,62,64,66,67)/p+1/b13-10-,22-19-,29-28-,32-31-,38-36-,39-35-,48-45+,52-49-. The van der Waals surface area contributed by atoms with Gasteiger partial charge in [-0.3, -0.25) is 18.6 Å². The van der Waals surface area contributed by atoms with Gasteiger partial charge in [0.05, 0.1) is 33.8 Å². The Bertz CT molecular complexity index is 1540. The van der Waals surface area contributed by atoms with Gasteiger partial charge < -0.3 is 19.4 Å². The molecular weight excluding hydrogens is 904 g/mol. The molecule has 9 nitrogen and oxygen atoms in total. The Balaban J connectivity index is 5.49. The van der Waals surface area contributed by atoms with Crippen molar-refractivity contribution in [3.05, 3.63) is 97.2 Å². The van der Waals surface area contributed by atoms with Gasteiger partial charge in [-0.25, -0.2) is 4.57 Å². The number of allylic oxidation sites excluding steroid dienone is 15. The number of hydrogen-bond acceptors (Lipinski definition) is 6. The van der Waals surface area contributed by atoms with E-state index in [1.807, 2.05) is 39.4 Å². The lowest BCUT2D eigenvalue weighted by Gasteiger charge is -2.27. The smallest absolute Gasteiger partial charge is 0.456 e. The highest BCUT2D eigenvalue weighted by atomic mass is 31.2. The number of likely N-dealkylation sites (N-methyl/N-ethyl adjacent to an activating group) is 1. The predicted octanol–water partition coefficient (Wildman–Crippen LogP) is 17.2.